The number of nitrogens with zero attached hydrogens (tertiary/aromatic N) is 3. The van der Waals surface area contributed by atoms with Gasteiger partial charge in [0.25, 0.3) is 0 Å². The summed E-state index contributed by atoms with van der Waals surface area (Å²) in [5.41, 5.74) is 27.5. The first-order valence-corrected chi connectivity index (χ1v) is 23.7. The lowest BCUT2D eigenvalue weighted by Crippen LogP contribution is -2.60. The third-order valence-electron chi connectivity index (χ3n) is 9.91. The van der Waals surface area contributed by atoms with E-state index in [9.17, 15) is 43.2 Å². The van der Waals surface area contributed by atoms with Crippen molar-refractivity contribution in [2.45, 2.75) is 114 Å². The van der Waals surface area contributed by atoms with Gasteiger partial charge in [-0.3, -0.25) is 53.1 Å². The summed E-state index contributed by atoms with van der Waals surface area (Å²) < 4.78 is 5.22. The molecule has 0 aliphatic carbocycles. The minimum Gasteiger partial charge on any atom is -0.385 e. The van der Waals surface area contributed by atoms with Crippen molar-refractivity contribution in [3.8, 4) is 0 Å². The van der Waals surface area contributed by atoms with Gasteiger partial charge in [0.1, 0.15) is 42.3 Å². The van der Waals surface area contributed by atoms with Crippen LogP contribution in [-0.4, -0.2) is 164 Å². The number of rotatable bonds is 15. The summed E-state index contributed by atoms with van der Waals surface area (Å²) in [5, 5.41) is 18.3. The van der Waals surface area contributed by atoms with E-state index in [0.717, 1.165) is 21.6 Å². The van der Waals surface area contributed by atoms with Crippen LogP contribution in [0.3, 0.4) is 0 Å². The van der Waals surface area contributed by atoms with E-state index in [1.807, 2.05) is 13.8 Å². The number of ether oxygens (including phenoxy) is 1. The quantitative estimate of drug-likeness (QED) is 0.0317. The molecule has 2 aliphatic rings. The fourth-order valence-corrected chi connectivity index (χ4v) is 9.06. The third kappa shape index (κ3) is 20.9. The Hall–Kier alpha value is -5.57. The zero-order valence-electron chi connectivity index (χ0n) is 37.4. The molecule has 0 spiro atoms. The van der Waals surface area contributed by atoms with Gasteiger partial charge in [-0.1, -0.05) is 35.4 Å². The molecule has 0 unspecified atom stereocenters. The van der Waals surface area contributed by atoms with Crippen molar-refractivity contribution >= 4 is 86.7 Å². The van der Waals surface area contributed by atoms with Crippen LogP contribution in [-0.2, 0) is 47.9 Å². The van der Waals surface area contributed by atoms with E-state index in [1.165, 1.54) is 18.9 Å². The topological polar surface area (TPSA) is 405 Å². The Balaban J connectivity index is 2.61. The molecule has 2 rings (SSSR count). The molecule has 9 amide bonds. The van der Waals surface area contributed by atoms with Gasteiger partial charge in [-0.2, -0.15) is 0 Å². The van der Waals surface area contributed by atoms with Gasteiger partial charge in [-0.25, -0.2) is 0 Å². The van der Waals surface area contributed by atoms with Gasteiger partial charge in [0.05, 0.1) is 6.54 Å². The summed E-state index contributed by atoms with van der Waals surface area (Å²) in [6.07, 6.45) is 1.19. The van der Waals surface area contributed by atoms with Gasteiger partial charge in [0.15, 0.2) is 11.9 Å². The van der Waals surface area contributed by atoms with Gasteiger partial charge in [-0.05, 0) is 57.3 Å². The number of methoxy groups -OCH3 is 1. The summed E-state index contributed by atoms with van der Waals surface area (Å²) in [5.74, 6) is -7.14. The van der Waals surface area contributed by atoms with Crippen molar-refractivity contribution in [1.82, 2.24) is 42.1 Å². The molecule has 0 aromatic rings. The molecule has 2 heterocycles. The SMILES string of the molecule is COCC[C@@H]1NC(=O)[C@H](NC(C)=O)CSSC[C@@H](C(N)=O)NC(=O)CNC(=O)[C@H](CCCN=C(N)N)NC(=O)[C@H](CC(C)C)NC(=O)[C@H](CCCN=C(N)N)NC(=O)[C@@H]2CCCN2C1=O. The normalized spacial score (nSPS) is 24.8. The van der Waals surface area contributed by atoms with Crippen LogP contribution in [0, 0.1) is 5.92 Å². The Kier molecular flexibility index (Phi) is 24.8. The van der Waals surface area contributed by atoms with E-state index in [-0.39, 0.29) is 101 Å². The first-order valence-electron chi connectivity index (χ1n) is 21.2. The van der Waals surface area contributed by atoms with E-state index in [4.69, 9.17) is 33.4 Å². The minimum absolute atomic E-state index is 0.00000229. The van der Waals surface area contributed by atoms with Crippen LogP contribution in [0.5, 0.6) is 0 Å². The van der Waals surface area contributed by atoms with Crippen molar-refractivity contribution in [1.29, 1.82) is 0 Å². The van der Waals surface area contributed by atoms with E-state index in [1.54, 1.807) is 0 Å². The maximum absolute atomic E-state index is 14.2. The molecule has 2 fully saturated rings. The monoisotopic (exact) mass is 957 g/mol. The highest BCUT2D eigenvalue weighted by Gasteiger charge is 2.40. The number of primary amides is 1. The van der Waals surface area contributed by atoms with Crippen molar-refractivity contribution in [3.63, 3.8) is 0 Å². The lowest BCUT2D eigenvalue weighted by molar-refractivity contribution is -0.143. The van der Waals surface area contributed by atoms with Gasteiger partial charge in [0.2, 0.25) is 53.2 Å². The highest BCUT2D eigenvalue weighted by atomic mass is 33.1. The molecule has 17 N–H and O–H groups in total. The maximum atomic E-state index is 14.2. The zero-order chi connectivity index (χ0) is 48.6. The largest absolute Gasteiger partial charge is 0.385 e. The van der Waals surface area contributed by atoms with E-state index < -0.39 is 102 Å². The van der Waals surface area contributed by atoms with Crippen molar-refractivity contribution in [2.75, 3.05) is 51.4 Å². The Labute approximate surface area is 386 Å². The number of carbonyl (C=O) groups is 9. The molecule has 0 bridgehead atoms. The van der Waals surface area contributed by atoms with E-state index >= 15 is 0 Å². The van der Waals surface area contributed by atoms with Crippen LogP contribution in [0.1, 0.15) is 72.1 Å². The number of aliphatic imine (C=N–C) groups is 2. The smallest absolute Gasteiger partial charge is 0.245 e. The summed E-state index contributed by atoms with van der Waals surface area (Å²) in [7, 11) is 3.55. The predicted molar refractivity (Wildman–Crippen MR) is 245 cm³/mol. The van der Waals surface area contributed by atoms with Crippen LogP contribution >= 0.6 is 21.6 Å². The lowest BCUT2D eigenvalue weighted by atomic mass is 10.0. The molecule has 25 nitrogen and oxygen atoms in total. The molecule has 0 aromatic carbocycles. The van der Waals surface area contributed by atoms with Gasteiger partial charge >= 0.3 is 0 Å². The van der Waals surface area contributed by atoms with E-state index in [0.29, 0.717) is 6.42 Å². The molecule has 2 aliphatic heterocycles. The minimum atomic E-state index is -1.26. The average molecular weight is 958 g/mol. The van der Waals surface area contributed by atoms with Crippen molar-refractivity contribution in [2.24, 2.45) is 44.6 Å². The van der Waals surface area contributed by atoms with Gasteiger partial charge in [-0.15, -0.1) is 0 Å². The molecule has 366 valence electrons. The van der Waals surface area contributed by atoms with Gasteiger partial charge in [0, 0.05) is 51.8 Å². The Morgan fingerprint density at radius 1 is 0.754 bits per heavy atom. The second-order valence-corrected chi connectivity index (χ2v) is 18.4. The Morgan fingerprint density at radius 3 is 1.88 bits per heavy atom. The summed E-state index contributed by atoms with van der Waals surface area (Å²) >= 11 is 0. The zero-order valence-corrected chi connectivity index (χ0v) is 39.0. The number of fused-ring (bicyclic) bond motifs is 1. The highest BCUT2D eigenvalue weighted by Crippen LogP contribution is 2.24. The maximum Gasteiger partial charge on any atom is 0.245 e. The fourth-order valence-electron chi connectivity index (χ4n) is 6.72. The lowest BCUT2D eigenvalue weighted by Gasteiger charge is -2.31. The number of hydrogen-bond acceptors (Lipinski definition) is 14. The fraction of sp³-hybridized carbons (Fsp3) is 0.711. The first kappa shape index (κ1) is 55.6. The van der Waals surface area contributed by atoms with Crippen LogP contribution in [0.15, 0.2) is 9.98 Å². The third-order valence-corrected chi connectivity index (χ3v) is 12.3. The molecule has 27 heteroatoms. The number of nitrogens with two attached hydrogens (primary N) is 5. The molecule has 2 saturated heterocycles. The Morgan fingerprint density at radius 2 is 1.31 bits per heavy atom. The number of nitrogens with one attached hydrogen (secondary N) is 7. The molecule has 7 atom stereocenters. The molecular formula is C38H67N15O10S2. The molecule has 65 heavy (non-hydrogen) atoms. The number of carbonyl (C=O) groups excluding carboxylic acids is 9. The molecule has 0 saturated carbocycles. The second-order valence-electron chi connectivity index (χ2n) is 15.8. The molecule has 0 radical (unpaired) electrons. The standard InChI is InChI=1S/C38H67N15O10S2/c1-20(2)16-25-33(59)49-22(8-5-12-44-37(40)41)31(57)46-17-29(55)48-26(30(39)56)18-64-65-19-27(47-21(3)54)34(60)51-24(11-15-63-4)36(62)53-14-7-10-28(53)35(61)50-23(32(58)52-25)9-6-13-45-38(42)43/h20,22-28H,5-19H2,1-4H3,(H2,39,56)(H,46,57)(H,47,54)(H,48,55)(H,49,59)(H,50,61)(H,51,60)(H,52,58)(H4,40,41,44)(H4,42,43,45)/t22-,23-,24-,25-,26-,27+,28-/m0/s1. The van der Waals surface area contributed by atoms with Crippen molar-refractivity contribution in [3.05, 3.63) is 0 Å². The summed E-state index contributed by atoms with van der Waals surface area (Å²) in [4.78, 5) is 130. The molecule has 0 aromatic heterocycles. The van der Waals surface area contributed by atoms with Crippen molar-refractivity contribution < 1.29 is 47.9 Å². The number of guanidine groups is 2. The number of amides is 9. The summed E-state index contributed by atoms with van der Waals surface area (Å²) in [6, 6.07) is -8.37. The highest BCUT2D eigenvalue weighted by molar-refractivity contribution is 8.76. The van der Waals surface area contributed by atoms with Crippen LogP contribution in [0.4, 0.5) is 0 Å². The average Bonchev–Trinajstić information content (AvgIpc) is 3.73. The first-order chi connectivity index (χ1) is 30.7. The summed E-state index contributed by atoms with van der Waals surface area (Å²) in [6.45, 7) is 4.59. The predicted octanol–water partition coefficient (Wildman–Crippen LogP) is -4.91. The van der Waals surface area contributed by atoms with Gasteiger partial charge < -0.3 is 75.5 Å². The van der Waals surface area contributed by atoms with Crippen LogP contribution < -0.4 is 65.9 Å². The molecular weight excluding hydrogens is 891 g/mol. The van der Waals surface area contributed by atoms with Crippen LogP contribution in [0.2, 0.25) is 0 Å². The Bertz CT molecular complexity index is 1730. The van der Waals surface area contributed by atoms with Crippen LogP contribution in [0.25, 0.3) is 0 Å². The van der Waals surface area contributed by atoms with E-state index in [2.05, 4.69) is 47.2 Å². The number of hydrogen-bond donors (Lipinski definition) is 12. The second kappa shape index (κ2) is 29.1.